The van der Waals surface area contributed by atoms with Gasteiger partial charge in [-0.2, -0.15) is 0 Å². The Bertz CT molecular complexity index is 1680. The average Bonchev–Trinajstić information content (AvgIpc) is 3.48. The van der Waals surface area contributed by atoms with Crippen molar-refractivity contribution in [3.05, 3.63) is 127 Å². The van der Waals surface area contributed by atoms with Crippen molar-refractivity contribution in [3.8, 4) is 0 Å². The quantitative estimate of drug-likeness (QED) is 0.304. The van der Waals surface area contributed by atoms with Crippen molar-refractivity contribution in [1.29, 1.82) is 0 Å². The first-order valence-corrected chi connectivity index (χ1v) is 13.9. The molecule has 0 radical (unpaired) electrons. The molecule has 0 amide bonds. The highest BCUT2D eigenvalue weighted by Crippen LogP contribution is 2.45. The van der Waals surface area contributed by atoms with E-state index in [2.05, 4.69) is 5.32 Å². The van der Waals surface area contributed by atoms with Gasteiger partial charge in [0.1, 0.15) is 5.58 Å². The van der Waals surface area contributed by atoms with Gasteiger partial charge in [0.25, 0.3) is 0 Å². The number of thiophene rings is 1. The van der Waals surface area contributed by atoms with Gasteiger partial charge in [0.15, 0.2) is 11.2 Å². The molecule has 3 heterocycles. The molecule has 2 aromatic heterocycles. The van der Waals surface area contributed by atoms with Gasteiger partial charge in [0.2, 0.25) is 0 Å². The van der Waals surface area contributed by atoms with Crippen molar-refractivity contribution < 1.29 is 18.7 Å². The van der Waals surface area contributed by atoms with E-state index in [1.807, 2.05) is 47.8 Å². The molecule has 1 aliphatic heterocycles. The fourth-order valence-corrected chi connectivity index (χ4v) is 6.45. The molecule has 0 bridgehead atoms. The average molecular weight is 538 g/mol. The Kier molecular flexibility index (Phi) is 6.75. The minimum atomic E-state index is -0.872. The smallest absolute Gasteiger partial charge is 0.336 e. The first kappa shape index (κ1) is 25.1. The Balaban J connectivity index is 1.40. The monoisotopic (exact) mass is 537 g/mol. The number of benzene rings is 2. The number of hydrogen-bond acceptors (Lipinski definition) is 7. The molecule has 2 aliphatic rings. The lowest BCUT2D eigenvalue weighted by Gasteiger charge is -2.36. The molecule has 196 valence electrons. The number of ketones is 1. The molecule has 0 saturated carbocycles. The van der Waals surface area contributed by atoms with Crippen LogP contribution in [0.15, 0.2) is 110 Å². The van der Waals surface area contributed by atoms with Gasteiger partial charge >= 0.3 is 5.97 Å². The number of carbonyl (C=O) groups is 2. The summed E-state index contributed by atoms with van der Waals surface area (Å²) < 4.78 is 11.6. The zero-order valence-electron chi connectivity index (χ0n) is 21.4. The van der Waals surface area contributed by atoms with Gasteiger partial charge in [-0.3, -0.25) is 9.59 Å². The van der Waals surface area contributed by atoms with Crippen LogP contribution < -0.4 is 10.7 Å². The molecule has 1 aliphatic carbocycles. The van der Waals surface area contributed by atoms with Crippen LogP contribution in [0.3, 0.4) is 0 Å². The van der Waals surface area contributed by atoms with Gasteiger partial charge in [0, 0.05) is 46.2 Å². The van der Waals surface area contributed by atoms with Crippen LogP contribution >= 0.6 is 11.3 Å². The standard InChI is InChI=1S/C32H27NO5S/c1-19-28(32(36)37-14-13-20-8-3-2-4-9-20)29(23-18-38-26-11-6-5-10-22(26)31(23)35)30-24(33-19)16-21(17-25(30)34)27-12-7-15-39-27/h2-12,15,18,21,29,33H,13-14,16-17H2,1H3/t21-,29+/m0/s1. The van der Waals surface area contributed by atoms with Gasteiger partial charge in [-0.15, -0.1) is 11.3 Å². The number of fused-ring (bicyclic) bond motifs is 1. The molecule has 1 N–H and O–H groups in total. The highest BCUT2D eigenvalue weighted by atomic mass is 32.1. The molecule has 0 saturated heterocycles. The number of rotatable bonds is 6. The van der Waals surface area contributed by atoms with Crippen LogP contribution in [0.2, 0.25) is 0 Å². The number of hydrogen-bond donors (Lipinski definition) is 1. The van der Waals surface area contributed by atoms with E-state index in [9.17, 15) is 14.4 Å². The van der Waals surface area contributed by atoms with Crippen molar-refractivity contribution in [2.45, 2.75) is 38.0 Å². The molecule has 2 atom stereocenters. The van der Waals surface area contributed by atoms with E-state index in [0.29, 0.717) is 41.5 Å². The summed E-state index contributed by atoms with van der Waals surface area (Å²) in [5.41, 5.74) is 3.56. The maximum absolute atomic E-state index is 13.8. The molecule has 6 nitrogen and oxygen atoms in total. The fraction of sp³-hybridized carbons (Fsp3) is 0.219. The van der Waals surface area contributed by atoms with Crippen molar-refractivity contribution in [3.63, 3.8) is 0 Å². The first-order valence-electron chi connectivity index (χ1n) is 13.0. The number of carbonyl (C=O) groups excluding carboxylic acids is 2. The number of ether oxygens (including phenoxy) is 1. The minimum absolute atomic E-state index is 0.0459. The molecule has 4 aromatic rings. The molecule has 39 heavy (non-hydrogen) atoms. The van der Waals surface area contributed by atoms with Gasteiger partial charge in [-0.1, -0.05) is 48.5 Å². The lowest BCUT2D eigenvalue weighted by molar-refractivity contribution is -0.139. The number of Topliss-reactive ketones (excluding diaryl/α,β-unsaturated/α-hetero) is 1. The maximum atomic E-state index is 13.8. The topological polar surface area (TPSA) is 85.6 Å². The molecule has 7 heteroatoms. The largest absolute Gasteiger partial charge is 0.464 e. The zero-order valence-corrected chi connectivity index (χ0v) is 22.3. The Hall–Kier alpha value is -4.23. The van der Waals surface area contributed by atoms with Crippen LogP contribution in [0.1, 0.15) is 47.6 Å². The molecule has 0 unspecified atom stereocenters. The summed E-state index contributed by atoms with van der Waals surface area (Å²) in [5.74, 6) is -1.46. The van der Waals surface area contributed by atoms with Crippen molar-refractivity contribution in [2.75, 3.05) is 6.61 Å². The third kappa shape index (κ3) is 4.74. The summed E-state index contributed by atoms with van der Waals surface area (Å²) in [5, 5.41) is 5.76. The number of esters is 1. The van der Waals surface area contributed by atoms with Crippen LogP contribution in [-0.2, 0) is 20.7 Å². The predicted molar refractivity (Wildman–Crippen MR) is 150 cm³/mol. The summed E-state index contributed by atoms with van der Waals surface area (Å²) >= 11 is 1.63. The second kappa shape index (κ2) is 10.5. The summed E-state index contributed by atoms with van der Waals surface area (Å²) in [7, 11) is 0. The highest BCUT2D eigenvalue weighted by molar-refractivity contribution is 7.10. The number of para-hydroxylation sites is 1. The first-order chi connectivity index (χ1) is 19.0. The van der Waals surface area contributed by atoms with E-state index in [4.69, 9.17) is 9.15 Å². The van der Waals surface area contributed by atoms with Crippen LogP contribution in [0.25, 0.3) is 11.0 Å². The third-order valence-electron chi connectivity index (χ3n) is 7.48. The molecule has 2 aromatic carbocycles. The second-order valence-electron chi connectivity index (χ2n) is 9.92. The van der Waals surface area contributed by atoms with Gasteiger partial charge in [-0.25, -0.2) is 4.79 Å². The lowest BCUT2D eigenvalue weighted by atomic mass is 9.73. The summed E-state index contributed by atoms with van der Waals surface area (Å²) in [6.45, 7) is 1.98. The minimum Gasteiger partial charge on any atom is -0.464 e. The molecule has 0 fully saturated rings. The predicted octanol–water partition coefficient (Wildman–Crippen LogP) is 6.00. The number of nitrogens with one attached hydrogen (secondary N) is 1. The normalized spacial score (nSPS) is 19.2. The number of dihydropyridines is 1. The van der Waals surface area contributed by atoms with Crippen LogP contribution in [-0.4, -0.2) is 18.4 Å². The van der Waals surface area contributed by atoms with Gasteiger partial charge < -0.3 is 14.5 Å². The Morgan fingerprint density at radius 2 is 1.82 bits per heavy atom. The van der Waals surface area contributed by atoms with Crippen molar-refractivity contribution in [1.82, 2.24) is 5.32 Å². The van der Waals surface area contributed by atoms with Gasteiger partial charge in [-0.05, 0) is 42.5 Å². The summed E-state index contributed by atoms with van der Waals surface area (Å²) in [4.78, 5) is 42.3. The molecule has 6 rings (SSSR count). The van der Waals surface area contributed by atoms with Crippen LogP contribution in [0, 0.1) is 0 Å². The van der Waals surface area contributed by atoms with Crippen LogP contribution in [0.4, 0.5) is 0 Å². The van der Waals surface area contributed by atoms with E-state index >= 15 is 0 Å². The maximum Gasteiger partial charge on any atom is 0.336 e. The van der Waals surface area contributed by atoms with E-state index in [-0.39, 0.29) is 34.9 Å². The number of allylic oxidation sites excluding steroid dienone is 3. The van der Waals surface area contributed by atoms with E-state index in [1.54, 1.807) is 42.5 Å². The molecular weight excluding hydrogens is 510 g/mol. The highest BCUT2D eigenvalue weighted by Gasteiger charge is 2.43. The van der Waals surface area contributed by atoms with Crippen molar-refractivity contribution >= 4 is 34.1 Å². The second-order valence-corrected chi connectivity index (χ2v) is 10.9. The van der Waals surface area contributed by atoms with Crippen molar-refractivity contribution in [2.24, 2.45) is 0 Å². The summed E-state index contributed by atoms with van der Waals surface area (Å²) in [6, 6.07) is 20.8. The third-order valence-corrected chi connectivity index (χ3v) is 8.51. The molecule has 0 spiro atoms. The van der Waals surface area contributed by atoms with E-state index < -0.39 is 11.9 Å². The Labute approximate surface area is 229 Å². The fourth-order valence-electron chi connectivity index (χ4n) is 5.62. The molecular formula is C32H27NO5S. The Morgan fingerprint density at radius 3 is 2.62 bits per heavy atom. The lowest BCUT2D eigenvalue weighted by Crippen LogP contribution is -2.37. The Morgan fingerprint density at radius 1 is 1.03 bits per heavy atom. The SMILES string of the molecule is CC1=C(C(=O)OCCc2ccccc2)[C@@H](c2coc3ccccc3c2=O)C2=C(C[C@H](c3cccs3)CC2=O)N1. The van der Waals surface area contributed by atoms with E-state index in [1.165, 1.54) is 6.26 Å². The zero-order chi connectivity index (χ0) is 26.9. The van der Waals surface area contributed by atoms with Crippen LogP contribution in [0.5, 0.6) is 0 Å². The summed E-state index contributed by atoms with van der Waals surface area (Å²) in [6.07, 6.45) is 2.88. The van der Waals surface area contributed by atoms with E-state index in [0.717, 1.165) is 16.1 Å². The van der Waals surface area contributed by atoms with Gasteiger partial charge in [0.05, 0.1) is 29.7 Å².